The predicted molar refractivity (Wildman–Crippen MR) is 113 cm³/mol. The first-order valence-corrected chi connectivity index (χ1v) is 11.8. The van der Waals surface area contributed by atoms with Crippen LogP contribution >= 0.6 is 22.9 Å². The van der Waals surface area contributed by atoms with Gasteiger partial charge in [-0.25, -0.2) is 8.42 Å². The summed E-state index contributed by atoms with van der Waals surface area (Å²) in [6, 6.07) is 8.11. The van der Waals surface area contributed by atoms with Gasteiger partial charge in [-0.15, -0.1) is 11.3 Å². The molecular formula is C20H17ClN2O5S2. The van der Waals surface area contributed by atoms with E-state index < -0.39 is 21.7 Å². The molecule has 0 atom stereocenters. The molecule has 1 aromatic carbocycles. The number of sulfone groups is 1. The number of nitrogens with two attached hydrogens (primary N) is 1. The van der Waals surface area contributed by atoms with Gasteiger partial charge < -0.3 is 15.5 Å². The summed E-state index contributed by atoms with van der Waals surface area (Å²) in [4.78, 5) is 25.6. The fourth-order valence-corrected chi connectivity index (χ4v) is 5.98. The molecule has 156 valence electrons. The van der Waals surface area contributed by atoms with Crippen molar-refractivity contribution in [3.63, 3.8) is 0 Å². The second kappa shape index (κ2) is 7.90. The Morgan fingerprint density at radius 3 is 2.47 bits per heavy atom. The van der Waals surface area contributed by atoms with E-state index in [4.69, 9.17) is 21.8 Å². The maximum Gasteiger partial charge on any atom is 0.292 e. The minimum absolute atomic E-state index is 0.00449. The molecule has 0 unspecified atom stereocenters. The van der Waals surface area contributed by atoms with Crippen LogP contribution in [0.15, 0.2) is 50.8 Å². The van der Waals surface area contributed by atoms with E-state index in [2.05, 4.69) is 5.32 Å². The van der Waals surface area contributed by atoms with Gasteiger partial charge in [-0.2, -0.15) is 0 Å². The average molecular weight is 465 g/mol. The number of anilines is 1. The first kappa shape index (κ1) is 20.6. The summed E-state index contributed by atoms with van der Waals surface area (Å²) >= 11 is 7.12. The van der Waals surface area contributed by atoms with E-state index in [0.717, 1.165) is 36.1 Å². The molecule has 3 aromatic rings. The number of halogens is 1. The summed E-state index contributed by atoms with van der Waals surface area (Å²) in [7, 11) is -3.94. The highest BCUT2D eigenvalue weighted by Crippen LogP contribution is 2.38. The molecule has 10 heteroatoms. The molecule has 7 nitrogen and oxygen atoms in total. The normalized spacial score (nSPS) is 13.6. The summed E-state index contributed by atoms with van der Waals surface area (Å²) in [5, 5.41) is 3.04. The smallest absolute Gasteiger partial charge is 0.292 e. The second-order valence-electron chi connectivity index (χ2n) is 6.81. The van der Waals surface area contributed by atoms with Gasteiger partial charge in [-0.1, -0.05) is 11.6 Å². The lowest BCUT2D eigenvalue weighted by molar-refractivity contribution is 0.0992. The number of rotatable bonds is 5. The van der Waals surface area contributed by atoms with Gasteiger partial charge in [-0.3, -0.25) is 9.59 Å². The molecule has 0 bridgehead atoms. The average Bonchev–Trinajstić information content (AvgIpc) is 3.33. The molecule has 0 aliphatic heterocycles. The zero-order chi connectivity index (χ0) is 21.5. The Labute approximate surface area is 181 Å². The van der Waals surface area contributed by atoms with E-state index in [1.807, 2.05) is 0 Å². The number of nitrogens with one attached hydrogen (secondary N) is 1. The highest BCUT2D eigenvalue weighted by Gasteiger charge is 2.27. The third-order valence-electron chi connectivity index (χ3n) is 4.84. The van der Waals surface area contributed by atoms with Crippen LogP contribution in [0.25, 0.3) is 0 Å². The number of hydrogen-bond acceptors (Lipinski definition) is 6. The Morgan fingerprint density at radius 2 is 1.77 bits per heavy atom. The van der Waals surface area contributed by atoms with Crippen molar-refractivity contribution >= 4 is 49.6 Å². The fraction of sp³-hybridized carbons (Fsp3) is 0.200. The highest BCUT2D eigenvalue weighted by molar-refractivity contribution is 7.91. The monoisotopic (exact) mass is 464 g/mol. The van der Waals surface area contributed by atoms with E-state index in [-0.39, 0.29) is 15.7 Å². The molecule has 0 saturated heterocycles. The van der Waals surface area contributed by atoms with Crippen LogP contribution in [-0.2, 0) is 22.7 Å². The number of aryl methyl sites for hydroxylation is 1. The van der Waals surface area contributed by atoms with Crippen LogP contribution in [0, 0.1) is 0 Å². The number of fused-ring (bicyclic) bond motifs is 1. The summed E-state index contributed by atoms with van der Waals surface area (Å²) in [5.41, 5.74) is 6.75. The predicted octanol–water partition coefficient (Wildman–Crippen LogP) is 4.06. The Kier molecular flexibility index (Phi) is 5.44. The van der Waals surface area contributed by atoms with Gasteiger partial charge in [0.05, 0.1) is 10.5 Å². The third kappa shape index (κ3) is 3.76. The quantitative estimate of drug-likeness (QED) is 0.590. The number of thiophene rings is 1. The Hall–Kier alpha value is -2.62. The summed E-state index contributed by atoms with van der Waals surface area (Å²) < 4.78 is 30.7. The van der Waals surface area contributed by atoms with Crippen LogP contribution in [0.5, 0.6) is 0 Å². The zero-order valence-corrected chi connectivity index (χ0v) is 18.0. The van der Waals surface area contributed by atoms with Crippen LogP contribution in [-0.4, -0.2) is 20.2 Å². The number of primary amides is 1. The van der Waals surface area contributed by atoms with Crippen LogP contribution in [0.4, 0.5) is 5.00 Å². The third-order valence-corrected chi connectivity index (χ3v) is 7.94. The molecule has 1 aliphatic rings. The molecule has 4 rings (SSSR count). The van der Waals surface area contributed by atoms with Crippen molar-refractivity contribution in [3.8, 4) is 0 Å². The Bertz CT molecular complexity index is 1240. The SMILES string of the molecule is NC(=O)c1c(NC(=O)c2ccc(S(=O)(=O)c3ccc(Cl)cc3)o2)sc2c1CCCC2. The van der Waals surface area contributed by atoms with Crippen molar-refractivity contribution in [2.45, 2.75) is 35.7 Å². The summed E-state index contributed by atoms with van der Waals surface area (Å²) in [6.45, 7) is 0. The largest absolute Gasteiger partial charge is 0.439 e. The van der Waals surface area contributed by atoms with Gasteiger partial charge in [0.25, 0.3) is 11.8 Å². The van der Waals surface area contributed by atoms with Crippen LogP contribution in [0.2, 0.25) is 5.02 Å². The Balaban J connectivity index is 1.61. The lowest BCUT2D eigenvalue weighted by Gasteiger charge is -2.11. The molecule has 0 saturated carbocycles. The molecule has 0 radical (unpaired) electrons. The maximum atomic E-state index is 12.7. The van der Waals surface area contributed by atoms with E-state index >= 15 is 0 Å². The van der Waals surface area contributed by atoms with Gasteiger partial charge in [0.2, 0.25) is 14.9 Å². The topological polar surface area (TPSA) is 119 Å². The van der Waals surface area contributed by atoms with E-state index in [9.17, 15) is 18.0 Å². The van der Waals surface area contributed by atoms with E-state index in [1.165, 1.54) is 47.7 Å². The van der Waals surface area contributed by atoms with E-state index in [0.29, 0.717) is 15.6 Å². The lowest BCUT2D eigenvalue weighted by atomic mass is 9.95. The second-order valence-corrected chi connectivity index (χ2v) is 10.2. The summed E-state index contributed by atoms with van der Waals surface area (Å²) in [5.74, 6) is -1.45. The van der Waals surface area contributed by atoms with Crippen molar-refractivity contribution in [1.82, 2.24) is 0 Å². The zero-order valence-electron chi connectivity index (χ0n) is 15.6. The number of benzene rings is 1. The molecule has 1 aliphatic carbocycles. The van der Waals surface area contributed by atoms with Crippen molar-refractivity contribution < 1.29 is 22.4 Å². The molecule has 2 aromatic heterocycles. The number of carbonyl (C=O) groups excluding carboxylic acids is 2. The van der Waals surface area contributed by atoms with Gasteiger partial charge in [0.1, 0.15) is 5.00 Å². The molecule has 0 fully saturated rings. The van der Waals surface area contributed by atoms with Gasteiger partial charge in [0.15, 0.2) is 5.76 Å². The van der Waals surface area contributed by atoms with Crippen LogP contribution in [0.3, 0.4) is 0 Å². The molecule has 2 amide bonds. The molecule has 2 heterocycles. The van der Waals surface area contributed by atoms with Crippen molar-refractivity contribution in [2.75, 3.05) is 5.32 Å². The number of carbonyl (C=O) groups is 2. The van der Waals surface area contributed by atoms with Crippen molar-refractivity contribution in [3.05, 3.63) is 63.2 Å². The number of amides is 2. The standard InChI is InChI=1S/C20H17ClN2O5S2/c21-11-5-7-12(8-6-11)30(26,27)16-10-9-14(28-16)19(25)23-20-17(18(22)24)13-3-1-2-4-15(13)29-20/h5-10H,1-4H2,(H2,22,24)(H,23,25). The minimum atomic E-state index is -3.94. The van der Waals surface area contributed by atoms with E-state index in [1.54, 1.807) is 0 Å². The van der Waals surface area contributed by atoms with Crippen molar-refractivity contribution in [2.24, 2.45) is 5.73 Å². The first-order chi connectivity index (χ1) is 14.3. The summed E-state index contributed by atoms with van der Waals surface area (Å²) in [6.07, 6.45) is 3.55. The maximum absolute atomic E-state index is 12.7. The van der Waals surface area contributed by atoms with Crippen molar-refractivity contribution in [1.29, 1.82) is 0 Å². The molecule has 30 heavy (non-hydrogen) atoms. The fourth-order valence-electron chi connectivity index (χ4n) is 3.40. The highest BCUT2D eigenvalue weighted by atomic mass is 35.5. The molecule has 3 N–H and O–H groups in total. The number of hydrogen-bond donors (Lipinski definition) is 2. The van der Waals surface area contributed by atoms with Gasteiger partial charge >= 0.3 is 0 Å². The first-order valence-electron chi connectivity index (χ1n) is 9.13. The minimum Gasteiger partial charge on any atom is -0.439 e. The molecular weight excluding hydrogens is 448 g/mol. The number of furan rings is 1. The molecule has 0 spiro atoms. The Morgan fingerprint density at radius 1 is 1.07 bits per heavy atom. The van der Waals surface area contributed by atoms with Crippen LogP contribution in [0.1, 0.15) is 44.2 Å². The lowest BCUT2D eigenvalue weighted by Crippen LogP contribution is -2.18. The van der Waals surface area contributed by atoms with Gasteiger partial charge in [0, 0.05) is 9.90 Å². The van der Waals surface area contributed by atoms with Crippen LogP contribution < -0.4 is 11.1 Å². The van der Waals surface area contributed by atoms with Gasteiger partial charge in [-0.05, 0) is 67.6 Å².